The molecule has 0 radical (unpaired) electrons. The lowest BCUT2D eigenvalue weighted by atomic mass is 10.1. The van der Waals surface area contributed by atoms with Crippen molar-refractivity contribution in [2.24, 2.45) is 0 Å². The highest BCUT2D eigenvalue weighted by atomic mass is 19.1. The van der Waals surface area contributed by atoms with E-state index in [1.165, 1.54) is 6.07 Å². The molecule has 0 fully saturated rings. The monoisotopic (exact) mass is 349 g/mol. The van der Waals surface area contributed by atoms with Crippen LogP contribution in [0.25, 0.3) is 0 Å². The van der Waals surface area contributed by atoms with Gasteiger partial charge in [0.1, 0.15) is 11.5 Å². The summed E-state index contributed by atoms with van der Waals surface area (Å²) in [5.74, 6) is -0.455. The molecule has 3 aromatic rings. The zero-order valence-corrected chi connectivity index (χ0v) is 14.5. The number of benzene rings is 2. The second-order valence-electron chi connectivity index (χ2n) is 6.02. The van der Waals surface area contributed by atoms with E-state index in [4.69, 9.17) is 0 Å². The van der Waals surface area contributed by atoms with Crippen LogP contribution in [-0.2, 0) is 6.42 Å². The van der Waals surface area contributed by atoms with E-state index >= 15 is 0 Å². The van der Waals surface area contributed by atoms with Gasteiger partial charge in [0.2, 0.25) is 0 Å². The molecule has 2 aromatic carbocycles. The second-order valence-corrected chi connectivity index (χ2v) is 6.02. The standard InChI is InChI=1S/C21H20FN3O/c1-15-5-4-7-17(13-15)25-21(26)20-10-9-18(14-24-20)23-12-11-16-6-2-3-8-19(16)22/h2-10,13-14,23H,11-12H2,1H3,(H,25,26). The average Bonchev–Trinajstić information content (AvgIpc) is 2.64. The van der Waals surface area contributed by atoms with Gasteiger partial charge in [-0.15, -0.1) is 0 Å². The molecule has 132 valence electrons. The van der Waals surface area contributed by atoms with Crippen molar-refractivity contribution in [2.45, 2.75) is 13.3 Å². The van der Waals surface area contributed by atoms with Crippen molar-refractivity contribution in [1.82, 2.24) is 4.98 Å². The summed E-state index contributed by atoms with van der Waals surface area (Å²) in [6, 6.07) is 17.8. The van der Waals surface area contributed by atoms with Crippen LogP contribution in [0.3, 0.4) is 0 Å². The topological polar surface area (TPSA) is 54.0 Å². The predicted molar refractivity (Wildman–Crippen MR) is 102 cm³/mol. The Balaban J connectivity index is 1.54. The number of nitrogens with one attached hydrogen (secondary N) is 2. The van der Waals surface area contributed by atoms with Gasteiger partial charge in [0.15, 0.2) is 0 Å². The minimum atomic E-state index is -0.256. The third-order valence-corrected chi connectivity index (χ3v) is 3.95. The number of amides is 1. The molecule has 0 unspecified atom stereocenters. The Morgan fingerprint density at radius 3 is 2.62 bits per heavy atom. The fraction of sp³-hybridized carbons (Fsp3) is 0.143. The fourth-order valence-electron chi connectivity index (χ4n) is 2.59. The maximum absolute atomic E-state index is 13.6. The normalized spacial score (nSPS) is 10.4. The predicted octanol–water partition coefficient (Wildman–Crippen LogP) is 4.44. The van der Waals surface area contributed by atoms with Gasteiger partial charge in [0.25, 0.3) is 5.91 Å². The Morgan fingerprint density at radius 1 is 1.04 bits per heavy atom. The van der Waals surface area contributed by atoms with Gasteiger partial charge in [-0.2, -0.15) is 0 Å². The van der Waals surface area contributed by atoms with Crippen molar-refractivity contribution >= 4 is 17.3 Å². The first-order chi connectivity index (χ1) is 12.6. The van der Waals surface area contributed by atoms with Crippen LogP contribution in [0.15, 0.2) is 66.9 Å². The molecular weight excluding hydrogens is 329 g/mol. The molecule has 0 aliphatic heterocycles. The van der Waals surface area contributed by atoms with Gasteiger partial charge in [-0.1, -0.05) is 30.3 Å². The van der Waals surface area contributed by atoms with Crippen molar-refractivity contribution in [3.05, 3.63) is 89.5 Å². The third kappa shape index (κ3) is 4.66. The van der Waals surface area contributed by atoms with Gasteiger partial charge >= 0.3 is 0 Å². The van der Waals surface area contributed by atoms with Crippen LogP contribution in [0.4, 0.5) is 15.8 Å². The summed E-state index contributed by atoms with van der Waals surface area (Å²) < 4.78 is 13.6. The number of halogens is 1. The first kappa shape index (κ1) is 17.6. The number of pyridine rings is 1. The van der Waals surface area contributed by atoms with Gasteiger partial charge in [-0.25, -0.2) is 9.37 Å². The fourth-order valence-corrected chi connectivity index (χ4v) is 2.59. The summed E-state index contributed by atoms with van der Waals surface area (Å²) in [6.45, 7) is 2.55. The van der Waals surface area contributed by atoms with E-state index in [1.807, 2.05) is 37.3 Å². The van der Waals surface area contributed by atoms with Crippen LogP contribution in [0, 0.1) is 12.7 Å². The molecule has 4 nitrogen and oxygen atoms in total. The number of aromatic nitrogens is 1. The highest BCUT2D eigenvalue weighted by Gasteiger charge is 2.08. The zero-order valence-electron chi connectivity index (χ0n) is 14.5. The maximum Gasteiger partial charge on any atom is 0.274 e. The minimum absolute atomic E-state index is 0.199. The quantitative estimate of drug-likeness (QED) is 0.692. The van der Waals surface area contributed by atoms with E-state index in [9.17, 15) is 9.18 Å². The molecule has 5 heteroatoms. The molecule has 2 N–H and O–H groups in total. The molecule has 0 atom stereocenters. The Bertz CT molecular complexity index is 894. The van der Waals surface area contributed by atoms with Crippen LogP contribution in [0.1, 0.15) is 21.6 Å². The van der Waals surface area contributed by atoms with Crippen molar-refractivity contribution < 1.29 is 9.18 Å². The zero-order chi connectivity index (χ0) is 18.4. The van der Waals surface area contributed by atoms with E-state index in [1.54, 1.807) is 30.5 Å². The Morgan fingerprint density at radius 2 is 1.88 bits per heavy atom. The van der Waals surface area contributed by atoms with E-state index < -0.39 is 0 Å². The number of carbonyl (C=O) groups is 1. The lowest BCUT2D eigenvalue weighted by molar-refractivity contribution is 0.102. The molecule has 0 aliphatic rings. The first-order valence-corrected chi connectivity index (χ1v) is 8.43. The molecule has 26 heavy (non-hydrogen) atoms. The molecule has 1 heterocycles. The van der Waals surface area contributed by atoms with Crippen molar-refractivity contribution in [1.29, 1.82) is 0 Å². The molecule has 0 bridgehead atoms. The Labute approximate surface area is 152 Å². The van der Waals surface area contributed by atoms with Crippen molar-refractivity contribution in [3.63, 3.8) is 0 Å². The SMILES string of the molecule is Cc1cccc(NC(=O)c2ccc(NCCc3ccccc3F)cn2)c1. The van der Waals surface area contributed by atoms with Gasteiger partial charge in [-0.3, -0.25) is 4.79 Å². The molecule has 0 saturated heterocycles. The van der Waals surface area contributed by atoms with Crippen molar-refractivity contribution in [2.75, 3.05) is 17.2 Å². The van der Waals surface area contributed by atoms with Crippen molar-refractivity contribution in [3.8, 4) is 0 Å². The minimum Gasteiger partial charge on any atom is -0.383 e. The highest BCUT2D eigenvalue weighted by Crippen LogP contribution is 2.13. The van der Waals surface area contributed by atoms with Crippen LogP contribution in [0.2, 0.25) is 0 Å². The number of hydrogen-bond acceptors (Lipinski definition) is 3. The van der Waals surface area contributed by atoms with Gasteiger partial charge < -0.3 is 10.6 Å². The van der Waals surface area contributed by atoms with E-state index in [2.05, 4.69) is 15.6 Å². The van der Waals surface area contributed by atoms with E-state index in [0.29, 0.717) is 24.2 Å². The molecule has 0 saturated carbocycles. The number of aryl methyl sites for hydroxylation is 1. The molecule has 1 amide bonds. The summed E-state index contributed by atoms with van der Waals surface area (Å²) in [7, 11) is 0. The second kappa shape index (κ2) is 8.25. The number of hydrogen-bond donors (Lipinski definition) is 2. The molecular formula is C21H20FN3O. The molecule has 0 aliphatic carbocycles. The first-order valence-electron chi connectivity index (χ1n) is 8.43. The molecule has 1 aromatic heterocycles. The smallest absolute Gasteiger partial charge is 0.274 e. The number of nitrogens with zero attached hydrogens (tertiary/aromatic N) is 1. The van der Waals surface area contributed by atoms with Gasteiger partial charge in [0, 0.05) is 12.2 Å². The summed E-state index contributed by atoms with van der Waals surface area (Å²) in [6.07, 6.45) is 2.18. The number of carbonyl (C=O) groups excluding carboxylic acids is 1. The lowest BCUT2D eigenvalue weighted by Gasteiger charge is -2.08. The van der Waals surface area contributed by atoms with Crippen LogP contribution in [0.5, 0.6) is 0 Å². The lowest BCUT2D eigenvalue weighted by Crippen LogP contribution is -2.14. The average molecular weight is 349 g/mol. The van der Waals surface area contributed by atoms with Gasteiger partial charge in [-0.05, 0) is 54.8 Å². The van der Waals surface area contributed by atoms with E-state index in [-0.39, 0.29) is 11.7 Å². The Kier molecular flexibility index (Phi) is 5.59. The third-order valence-electron chi connectivity index (χ3n) is 3.95. The number of anilines is 2. The molecule has 0 spiro atoms. The summed E-state index contributed by atoms with van der Waals surface area (Å²) >= 11 is 0. The number of rotatable bonds is 6. The van der Waals surface area contributed by atoms with Crippen LogP contribution >= 0.6 is 0 Å². The van der Waals surface area contributed by atoms with Crippen LogP contribution in [-0.4, -0.2) is 17.4 Å². The highest BCUT2D eigenvalue weighted by molar-refractivity contribution is 6.02. The largest absolute Gasteiger partial charge is 0.383 e. The van der Waals surface area contributed by atoms with Gasteiger partial charge in [0.05, 0.1) is 11.9 Å². The summed E-state index contributed by atoms with van der Waals surface area (Å²) in [5, 5.41) is 6.01. The maximum atomic E-state index is 13.6. The summed E-state index contributed by atoms with van der Waals surface area (Å²) in [4.78, 5) is 16.4. The molecule has 3 rings (SSSR count). The summed E-state index contributed by atoms with van der Waals surface area (Å²) in [5.41, 5.74) is 3.61. The van der Waals surface area contributed by atoms with Crippen LogP contribution < -0.4 is 10.6 Å². The Hall–Kier alpha value is -3.21. The van der Waals surface area contributed by atoms with E-state index in [0.717, 1.165) is 16.9 Å².